The van der Waals surface area contributed by atoms with E-state index < -0.39 is 0 Å². The third kappa shape index (κ3) is 3.54. The van der Waals surface area contributed by atoms with E-state index in [0.717, 1.165) is 38.3 Å². The highest BCUT2D eigenvalue weighted by molar-refractivity contribution is 9.10. The quantitative estimate of drug-likeness (QED) is 0.439. The molecule has 6 heteroatoms. The maximum absolute atomic E-state index is 12.9. The van der Waals surface area contributed by atoms with E-state index in [9.17, 15) is 9.59 Å². The topological polar surface area (TPSA) is 42.3 Å². The molecule has 0 atom stereocenters. The summed E-state index contributed by atoms with van der Waals surface area (Å²) in [5.41, 5.74) is 2.99. The van der Waals surface area contributed by atoms with Crippen molar-refractivity contribution >= 4 is 55.8 Å². The summed E-state index contributed by atoms with van der Waals surface area (Å²) in [6, 6.07) is 16.1. The zero-order valence-corrected chi connectivity index (χ0v) is 18.0. The molecule has 0 aliphatic carbocycles. The summed E-state index contributed by atoms with van der Waals surface area (Å²) >= 11 is 4.43. The molecule has 0 radical (unpaired) electrons. The van der Waals surface area contributed by atoms with Crippen molar-refractivity contribution in [1.29, 1.82) is 0 Å². The number of aromatic nitrogens is 1. The van der Waals surface area contributed by atoms with Crippen LogP contribution in [0.2, 0.25) is 0 Å². The molecule has 28 heavy (non-hydrogen) atoms. The summed E-state index contributed by atoms with van der Waals surface area (Å²) in [7, 11) is 0. The maximum atomic E-state index is 12.9. The van der Waals surface area contributed by atoms with Crippen LogP contribution in [0.4, 0.5) is 4.79 Å². The summed E-state index contributed by atoms with van der Waals surface area (Å²) in [5.74, 6) is -0.239. The van der Waals surface area contributed by atoms with Gasteiger partial charge in [-0.2, -0.15) is 0 Å². The molecule has 4 nitrogen and oxygen atoms in total. The number of fused-ring (bicyclic) bond motifs is 1. The second-order valence-electron chi connectivity index (χ2n) is 7.00. The minimum Gasteiger partial charge on any atom is -0.344 e. The molecule has 142 valence electrons. The van der Waals surface area contributed by atoms with E-state index in [1.165, 1.54) is 4.90 Å². The first kappa shape index (κ1) is 19.0. The lowest BCUT2D eigenvalue weighted by Gasteiger charge is -2.12. The van der Waals surface area contributed by atoms with Crippen molar-refractivity contribution in [2.75, 3.05) is 0 Å². The number of imide groups is 1. The molecule has 4 rings (SSSR count). The standard InChI is InChI=1S/C22H19BrN2O2S/c1-14(2)24-13-16(18-8-3-4-9-19(18)24)11-20-21(26)25(22(27)28-20)12-15-6-5-7-17(23)10-15/h3-11,13-14H,12H2,1-2H3/b20-11+. The van der Waals surface area contributed by atoms with Gasteiger partial charge in [-0.1, -0.05) is 46.3 Å². The maximum Gasteiger partial charge on any atom is 0.293 e. The van der Waals surface area contributed by atoms with Crippen LogP contribution < -0.4 is 0 Å². The summed E-state index contributed by atoms with van der Waals surface area (Å²) in [6.07, 6.45) is 3.89. The van der Waals surface area contributed by atoms with Crippen LogP contribution in [-0.4, -0.2) is 20.6 Å². The second-order valence-corrected chi connectivity index (χ2v) is 8.91. The lowest BCUT2D eigenvalue weighted by molar-refractivity contribution is -0.123. The number of para-hydroxylation sites is 1. The molecule has 0 bridgehead atoms. The number of rotatable bonds is 4. The largest absolute Gasteiger partial charge is 0.344 e. The number of carbonyl (C=O) groups excluding carboxylic acids is 2. The molecule has 2 aromatic carbocycles. The Kier molecular flexibility index (Phi) is 5.17. The number of hydrogen-bond donors (Lipinski definition) is 0. The first-order chi connectivity index (χ1) is 13.4. The molecule has 0 N–H and O–H groups in total. The Balaban J connectivity index is 1.67. The highest BCUT2D eigenvalue weighted by Gasteiger charge is 2.35. The van der Waals surface area contributed by atoms with Crippen LogP contribution >= 0.6 is 27.7 Å². The van der Waals surface area contributed by atoms with Crippen molar-refractivity contribution in [1.82, 2.24) is 9.47 Å². The third-order valence-corrected chi connectivity index (χ3v) is 6.12. The van der Waals surface area contributed by atoms with Gasteiger partial charge < -0.3 is 4.57 Å². The fourth-order valence-electron chi connectivity index (χ4n) is 3.37. The predicted octanol–water partition coefficient (Wildman–Crippen LogP) is 6.22. The summed E-state index contributed by atoms with van der Waals surface area (Å²) in [4.78, 5) is 27.1. The highest BCUT2D eigenvalue weighted by atomic mass is 79.9. The van der Waals surface area contributed by atoms with E-state index in [4.69, 9.17) is 0 Å². The lowest BCUT2D eigenvalue weighted by Crippen LogP contribution is -2.27. The average Bonchev–Trinajstić information content (AvgIpc) is 3.15. The van der Waals surface area contributed by atoms with Crippen LogP contribution in [-0.2, 0) is 11.3 Å². The molecule has 1 fully saturated rings. The van der Waals surface area contributed by atoms with E-state index >= 15 is 0 Å². The van der Waals surface area contributed by atoms with Crippen molar-refractivity contribution in [2.24, 2.45) is 0 Å². The molecule has 2 amide bonds. The fraction of sp³-hybridized carbons (Fsp3) is 0.182. The molecule has 1 saturated heterocycles. The third-order valence-electron chi connectivity index (χ3n) is 4.72. The minimum atomic E-state index is -0.239. The zero-order valence-electron chi connectivity index (χ0n) is 15.6. The smallest absolute Gasteiger partial charge is 0.293 e. The Hall–Kier alpha value is -2.31. The Bertz CT molecular complexity index is 1120. The van der Waals surface area contributed by atoms with Gasteiger partial charge in [0.1, 0.15) is 0 Å². The average molecular weight is 455 g/mol. The van der Waals surface area contributed by atoms with Gasteiger partial charge in [0.25, 0.3) is 11.1 Å². The normalized spacial score (nSPS) is 16.1. The van der Waals surface area contributed by atoms with Crippen LogP contribution in [0.1, 0.15) is 31.0 Å². The molecule has 2 heterocycles. The Morgan fingerprint density at radius 1 is 1.11 bits per heavy atom. The van der Waals surface area contributed by atoms with Crippen molar-refractivity contribution in [3.63, 3.8) is 0 Å². The number of hydrogen-bond acceptors (Lipinski definition) is 3. The number of nitrogens with zero attached hydrogens (tertiary/aromatic N) is 2. The van der Waals surface area contributed by atoms with Gasteiger partial charge in [-0.3, -0.25) is 14.5 Å². The number of amides is 2. The molecule has 3 aromatic rings. The van der Waals surface area contributed by atoms with Crippen molar-refractivity contribution in [3.8, 4) is 0 Å². The van der Waals surface area contributed by atoms with E-state index in [1.807, 2.05) is 48.5 Å². The van der Waals surface area contributed by atoms with E-state index in [1.54, 1.807) is 0 Å². The van der Waals surface area contributed by atoms with Crippen LogP contribution in [0.3, 0.4) is 0 Å². The predicted molar refractivity (Wildman–Crippen MR) is 118 cm³/mol. The van der Waals surface area contributed by atoms with Crippen LogP contribution in [0, 0.1) is 0 Å². The van der Waals surface area contributed by atoms with Gasteiger partial charge in [-0.25, -0.2) is 0 Å². The van der Waals surface area contributed by atoms with Gasteiger partial charge in [0.2, 0.25) is 0 Å². The second kappa shape index (κ2) is 7.60. The van der Waals surface area contributed by atoms with E-state index in [2.05, 4.69) is 46.6 Å². The number of thioether (sulfide) groups is 1. The van der Waals surface area contributed by atoms with Crippen LogP contribution in [0.25, 0.3) is 17.0 Å². The molecule has 1 aliphatic rings. The zero-order chi connectivity index (χ0) is 19.8. The summed E-state index contributed by atoms with van der Waals surface area (Å²) in [5, 5.41) is 0.846. The number of benzene rings is 2. The van der Waals surface area contributed by atoms with Crippen molar-refractivity contribution in [3.05, 3.63) is 75.2 Å². The molecular weight excluding hydrogens is 436 g/mol. The first-order valence-electron chi connectivity index (χ1n) is 9.03. The van der Waals surface area contributed by atoms with E-state index in [0.29, 0.717) is 10.9 Å². The van der Waals surface area contributed by atoms with Gasteiger partial charge in [0.15, 0.2) is 0 Å². The van der Waals surface area contributed by atoms with Crippen molar-refractivity contribution < 1.29 is 9.59 Å². The Labute approximate surface area is 176 Å². The lowest BCUT2D eigenvalue weighted by atomic mass is 10.1. The van der Waals surface area contributed by atoms with Gasteiger partial charge in [0.05, 0.1) is 11.4 Å². The molecule has 1 aromatic heterocycles. The molecule has 0 spiro atoms. The van der Waals surface area contributed by atoms with Crippen molar-refractivity contribution in [2.45, 2.75) is 26.4 Å². The van der Waals surface area contributed by atoms with Crippen LogP contribution in [0.5, 0.6) is 0 Å². The van der Waals surface area contributed by atoms with E-state index in [-0.39, 0.29) is 17.7 Å². The number of carbonyl (C=O) groups is 2. The van der Waals surface area contributed by atoms with Gasteiger partial charge >= 0.3 is 0 Å². The Morgan fingerprint density at radius 2 is 1.89 bits per heavy atom. The summed E-state index contributed by atoms with van der Waals surface area (Å²) < 4.78 is 3.11. The van der Waals surface area contributed by atoms with Gasteiger partial charge in [0, 0.05) is 33.2 Å². The molecule has 0 unspecified atom stereocenters. The molecular formula is C22H19BrN2O2S. The summed E-state index contributed by atoms with van der Waals surface area (Å²) in [6.45, 7) is 4.53. The highest BCUT2D eigenvalue weighted by Crippen LogP contribution is 2.35. The number of halogens is 1. The monoisotopic (exact) mass is 454 g/mol. The van der Waals surface area contributed by atoms with Gasteiger partial charge in [-0.15, -0.1) is 0 Å². The fourth-order valence-corrected chi connectivity index (χ4v) is 4.65. The van der Waals surface area contributed by atoms with Gasteiger partial charge in [-0.05, 0) is 55.4 Å². The molecule has 0 saturated carbocycles. The Morgan fingerprint density at radius 3 is 2.64 bits per heavy atom. The first-order valence-corrected chi connectivity index (χ1v) is 10.6. The minimum absolute atomic E-state index is 0.233. The van der Waals surface area contributed by atoms with Crippen LogP contribution in [0.15, 0.2) is 64.1 Å². The SMILES string of the molecule is CC(C)n1cc(/C=C2/SC(=O)N(Cc3cccc(Br)c3)C2=O)c2ccccc21. The molecule has 1 aliphatic heterocycles.